The topological polar surface area (TPSA) is 64.2 Å². The van der Waals surface area contributed by atoms with E-state index >= 15 is 0 Å². The van der Waals surface area contributed by atoms with Crippen molar-refractivity contribution in [3.63, 3.8) is 0 Å². The van der Waals surface area contributed by atoms with Crippen LogP contribution in [0.5, 0.6) is 5.75 Å². The quantitative estimate of drug-likeness (QED) is 0.627. The molecule has 0 saturated heterocycles. The molecule has 2 aromatic rings. The molecule has 1 heterocycles. The molecule has 114 valence electrons. The predicted octanol–water partition coefficient (Wildman–Crippen LogP) is 3.40. The molecule has 1 atom stereocenters. The van der Waals surface area contributed by atoms with Gasteiger partial charge in [-0.2, -0.15) is 0 Å². The number of nitrogens with one attached hydrogen (secondary N) is 1. The fraction of sp³-hybridized carbons (Fsp3) is 0.467. The van der Waals surface area contributed by atoms with Crippen molar-refractivity contribution >= 4 is 28.8 Å². The zero-order valence-corrected chi connectivity index (χ0v) is 13.3. The summed E-state index contributed by atoms with van der Waals surface area (Å²) in [4.78, 5) is 19.5. The molecule has 1 aromatic carbocycles. The van der Waals surface area contributed by atoms with Crippen molar-refractivity contribution in [3.05, 3.63) is 18.2 Å². The molecule has 0 bridgehead atoms. The number of H-pyrrole nitrogens is 1. The highest BCUT2D eigenvalue weighted by atomic mass is 32.2. The number of rotatable bonds is 7. The van der Waals surface area contributed by atoms with Crippen molar-refractivity contribution in [2.24, 2.45) is 0 Å². The highest BCUT2D eigenvalue weighted by molar-refractivity contribution is 8.00. The van der Waals surface area contributed by atoms with Gasteiger partial charge in [0.15, 0.2) is 5.16 Å². The van der Waals surface area contributed by atoms with Gasteiger partial charge in [-0.15, -0.1) is 0 Å². The van der Waals surface area contributed by atoms with Crippen LogP contribution in [0.2, 0.25) is 0 Å². The Balaban J connectivity index is 2.16. The first kappa shape index (κ1) is 15.7. The van der Waals surface area contributed by atoms with Crippen LogP contribution >= 0.6 is 11.8 Å². The molecular weight excluding hydrogens is 288 g/mol. The van der Waals surface area contributed by atoms with E-state index in [9.17, 15) is 4.79 Å². The number of aromatic amines is 1. The Kier molecular flexibility index (Phi) is 5.50. The average Bonchev–Trinajstić information content (AvgIpc) is 2.87. The summed E-state index contributed by atoms with van der Waals surface area (Å²) in [6.45, 7) is 6.75. The average molecular weight is 308 g/mol. The molecule has 0 aliphatic rings. The monoisotopic (exact) mass is 308 g/mol. The zero-order valence-electron chi connectivity index (χ0n) is 12.5. The number of ether oxygens (including phenoxy) is 2. The molecule has 0 saturated carbocycles. The van der Waals surface area contributed by atoms with Crippen LogP contribution in [0.15, 0.2) is 23.4 Å². The molecule has 0 spiro atoms. The SMILES string of the molecule is CCOC(=O)C(CC)Sc1nc2ccc(OCC)cc2[nH]1. The number of carbonyl (C=O) groups is 1. The van der Waals surface area contributed by atoms with Crippen LogP contribution in [0.3, 0.4) is 0 Å². The van der Waals surface area contributed by atoms with Gasteiger partial charge in [0.25, 0.3) is 0 Å². The minimum absolute atomic E-state index is 0.194. The second kappa shape index (κ2) is 7.36. The normalized spacial score (nSPS) is 12.3. The molecule has 6 heteroatoms. The fourth-order valence-electron chi connectivity index (χ4n) is 1.95. The molecule has 0 aliphatic heterocycles. The number of esters is 1. The summed E-state index contributed by atoms with van der Waals surface area (Å²) >= 11 is 1.40. The number of imidazole rings is 1. The minimum atomic E-state index is -0.239. The third kappa shape index (κ3) is 3.91. The van der Waals surface area contributed by atoms with Crippen LogP contribution in [0.1, 0.15) is 27.2 Å². The number of thioether (sulfide) groups is 1. The Bertz CT molecular complexity index is 612. The molecule has 1 aromatic heterocycles. The number of nitrogens with zero attached hydrogens (tertiary/aromatic N) is 1. The maximum Gasteiger partial charge on any atom is 0.319 e. The van der Waals surface area contributed by atoms with E-state index in [0.29, 0.717) is 19.6 Å². The minimum Gasteiger partial charge on any atom is -0.494 e. The Hall–Kier alpha value is -1.69. The van der Waals surface area contributed by atoms with Gasteiger partial charge in [0.05, 0.1) is 24.2 Å². The molecule has 21 heavy (non-hydrogen) atoms. The van der Waals surface area contributed by atoms with E-state index in [2.05, 4.69) is 9.97 Å². The lowest BCUT2D eigenvalue weighted by atomic mass is 10.3. The lowest BCUT2D eigenvalue weighted by Crippen LogP contribution is -2.19. The van der Waals surface area contributed by atoms with Crippen molar-refractivity contribution in [1.29, 1.82) is 0 Å². The molecule has 0 radical (unpaired) electrons. The summed E-state index contributed by atoms with van der Waals surface area (Å²) in [5.41, 5.74) is 1.77. The Morgan fingerprint density at radius 3 is 2.81 bits per heavy atom. The number of aromatic nitrogens is 2. The Morgan fingerprint density at radius 1 is 1.33 bits per heavy atom. The van der Waals surface area contributed by atoms with Gasteiger partial charge in [-0.25, -0.2) is 4.98 Å². The molecule has 0 fully saturated rings. The molecule has 1 unspecified atom stereocenters. The molecule has 2 rings (SSSR count). The zero-order chi connectivity index (χ0) is 15.2. The fourth-order valence-corrected chi connectivity index (χ4v) is 2.87. The number of hydrogen-bond acceptors (Lipinski definition) is 5. The van der Waals surface area contributed by atoms with E-state index in [1.807, 2.05) is 39.0 Å². The van der Waals surface area contributed by atoms with Crippen LogP contribution < -0.4 is 4.74 Å². The summed E-state index contributed by atoms with van der Waals surface area (Å²) < 4.78 is 10.5. The van der Waals surface area contributed by atoms with E-state index in [0.717, 1.165) is 21.9 Å². The third-order valence-corrected chi connectivity index (χ3v) is 4.14. The first-order chi connectivity index (χ1) is 10.2. The predicted molar refractivity (Wildman–Crippen MR) is 83.8 cm³/mol. The van der Waals surface area contributed by atoms with Gasteiger partial charge in [-0.1, -0.05) is 18.7 Å². The summed E-state index contributed by atoms with van der Waals surface area (Å²) in [5.74, 6) is 0.614. The van der Waals surface area contributed by atoms with Gasteiger partial charge in [0, 0.05) is 6.07 Å². The first-order valence-electron chi connectivity index (χ1n) is 7.13. The van der Waals surface area contributed by atoms with Crippen molar-refractivity contribution in [2.45, 2.75) is 37.6 Å². The van der Waals surface area contributed by atoms with Gasteiger partial charge in [-0.05, 0) is 32.4 Å². The maximum atomic E-state index is 11.8. The number of fused-ring (bicyclic) bond motifs is 1. The van der Waals surface area contributed by atoms with Gasteiger partial charge >= 0.3 is 5.97 Å². The summed E-state index contributed by atoms with van der Waals surface area (Å²) in [7, 11) is 0. The van der Waals surface area contributed by atoms with Crippen molar-refractivity contribution < 1.29 is 14.3 Å². The molecule has 1 N–H and O–H groups in total. The smallest absolute Gasteiger partial charge is 0.319 e. The van der Waals surface area contributed by atoms with Gasteiger partial charge < -0.3 is 14.5 Å². The van der Waals surface area contributed by atoms with E-state index in [4.69, 9.17) is 9.47 Å². The van der Waals surface area contributed by atoms with Crippen LogP contribution in [-0.4, -0.2) is 34.4 Å². The van der Waals surface area contributed by atoms with Crippen LogP contribution in [0.25, 0.3) is 11.0 Å². The van der Waals surface area contributed by atoms with Crippen LogP contribution in [-0.2, 0) is 9.53 Å². The Morgan fingerprint density at radius 2 is 2.14 bits per heavy atom. The van der Waals surface area contributed by atoms with Crippen molar-refractivity contribution in [1.82, 2.24) is 9.97 Å². The lowest BCUT2D eigenvalue weighted by Gasteiger charge is -2.10. The number of hydrogen-bond donors (Lipinski definition) is 1. The largest absolute Gasteiger partial charge is 0.494 e. The molecule has 0 amide bonds. The molecule has 0 aliphatic carbocycles. The Labute approximate surface area is 128 Å². The van der Waals surface area contributed by atoms with Gasteiger partial charge in [0.2, 0.25) is 0 Å². The highest BCUT2D eigenvalue weighted by Crippen LogP contribution is 2.27. The van der Waals surface area contributed by atoms with Crippen LogP contribution in [0, 0.1) is 0 Å². The summed E-state index contributed by atoms with van der Waals surface area (Å²) in [5, 5.41) is 0.482. The van der Waals surface area contributed by atoms with Gasteiger partial charge in [0.1, 0.15) is 11.0 Å². The first-order valence-corrected chi connectivity index (χ1v) is 8.01. The summed E-state index contributed by atoms with van der Waals surface area (Å²) in [6.07, 6.45) is 0.699. The van der Waals surface area contributed by atoms with Crippen molar-refractivity contribution in [2.75, 3.05) is 13.2 Å². The molecular formula is C15H20N2O3S. The van der Waals surface area contributed by atoms with E-state index in [-0.39, 0.29) is 11.2 Å². The summed E-state index contributed by atoms with van der Waals surface area (Å²) in [6, 6.07) is 5.72. The number of carbonyl (C=O) groups excluding carboxylic acids is 1. The second-order valence-corrected chi connectivity index (χ2v) is 5.61. The van der Waals surface area contributed by atoms with Crippen LogP contribution in [0.4, 0.5) is 0 Å². The second-order valence-electron chi connectivity index (χ2n) is 4.42. The van der Waals surface area contributed by atoms with Crippen molar-refractivity contribution in [3.8, 4) is 5.75 Å². The van der Waals surface area contributed by atoms with E-state index in [1.54, 1.807) is 0 Å². The lowest BCUT2D eigenvalue weighted by molar-refractivity contribution is -0.142. The molecule has 5 nitrogen and oxygen atoms in total. The van der Waals surface area contributed by atoms with Gasteiger partial charge in [-0.3, -0.25) is 4.79 Å². The van der Waals surface area contributed by atoms with E-state index in [1.165, 1.54) is 11.8 Å². The highest BCUT2D eigenvalue weighted by Gasteiger charge is 2.20. The number of benzene rings is 1. The standard InChI is InChI=1S/C15H20N2O3S/c1-4-13(14(18)20-6-3)21-15-16-11-8-7-10(19-5-2)9-12(11)17-15/h7-9,13H,4-6H2,1-3H3,(H,16,17). The van der Waals surface area contributed by atoms with E-state index < -0.39 is 0 Å². The maximum absolute atomic E-state index is 11.8. The third-order valence-electron chi connectivity index (χ3n) is 2.92.